The summed E-state index contributed by atoms with van der Waals surface area (Å²) in [5.74, 6) is -0.267. The van der Waals surface area contributed by atoms with Crippen molar-refractivity contribution in [2.24, 2.45) is 5.14 Å². The quantitative estimate of drug-likeness (QED) is 0.909. The van der Waals surface area contributed by atoms with E-state index in [1.807, 2.05) is 5.38 Å². The molecule has 0 spiro atoms. The largest absolute Gasteiger partial charge is 0.240 e. The number of primary sulfonamides is 1. The Kier molecular flexibility index (Phi) is 4.34. The number of benzene rings is 1. The van der Waals surface area contributed by atoms with E-state index in [9.17, 15) is 12.8 Å². The molecule has 1 aromatic carbocycles. The van der Waals surface area contributed by atoms with Crippen LogP contribution < -0.4 is 5.14 Å². The highest BCUT2D eigenvalue weighted by Gasteiger charge is 2.21. The molecule has 1 fully saturated rings. The molecule has 118 valence electrons. The molecule has 6 heteroatoms. The third kappa shape index (κ3) is 3.09. The highest BCUT2D eigenvalue weighted by Crippen LogP contribution is 2.40. The van der Waals surface area contributed by atoms with Crippen molar-refractivity contribution in [3.8, 4) is 11.1 Å². The van der Waals surface area contributed by atoms with Crippen LogP contribution in [0.15, 0.2) is 33.9 Å². The minimum absolute atomic E-state index is 0.453. The highest BCUT2D eigenvalue weighted by atomic mass is 32.2. The monoisotopic (exact) mass is 339 g/mol. The van der Waals surface area contributed by atoms with E-state index < -0.39 is 20.7 Å². The maximum absolute atomic E-state index is 14.1. The van der Waals surface area contributed by atoms with Gasteiger partial charge in [-0.05, 0) is 58.3 Å². The first-order valence-corrected chi connectivity index (χ1v) is 9.84. The standard InChI is InChI=1S/C16H18FNO2S2/c17-15-8-12(6-7-16(15)22(18,19)20)14-10-21-9-13(14)11-4-2-1-3-5-11/h6-11H,1-5H2,(H2,18,19,20). The molecule has 0 bridgehead atoms. The van der Waals surface area contributed by atoms with Crippen LogP contribution in [-0.4, -0.2) is 8.42 Å². The summed E-state index contributed by atoms with van der Waals surface area (Å²) in [6.07, 6.45) is 6.09. The Morgan fingerprint density at radius 2 is 1.86 bits per heavy atom. The van der Waals surface area contributed by atoms with E-state index in [-0.39, 0.29) is 0 Å². The molecule has 1 aromatic heterocycles. The van der Waals surface area contributed by atoms with Crippen molar-refractivity contribution in [2.75, 3.05) is 0 Å². The van der Waals surface area contributed by atoms with Gasteiger partial charge < -0.3 is 0 Å². The minimum atomic E-state index is -4.02. The van der Waals surface area contributed by atoms with Gasteiger partial charge in [-0.3, -0.25) is 0 Å². The van der Waals surface area contributed by atoms with E-state index in [1.165, 1.54) is 49.8 Å². The number of thiophene rings is 1. The number of hydrogen-bond donors (Lipinski definition) is 1. The molecule has 2 N–H and O–H groups in total. The smallest absolute Gasteiger partial charge is 0.225 e. The van der Waals surface area contributed by atoms with Gasteiger partial charge in [-0.25, -0.2) is 17.9 Å². The number of halogens is 1. The summed E-state index contributed by atoms with van der Waals surface area (Å²) >= 11 is 1.60. The lowest BCUT2D eigenvalue weighted by molar-refractivity contribution is 0.445. The van der Waals surface area contributed by atoms with Gasteiger partial charge in [0.25, 0.3) is 0 Å². The van der Waals surface area contributed by atoms with E-state index in [4.69, 9.17) is 5.14 Å². The normalized spacial score (nSPS) is 16.8. The highest BCUT2D eigenvalue weighted by molar-refractivity contribution is 7.89. The van der Waals surface area contributed by atoms with Gasteiger partial charge in [0.05, 0.1) is 0 Å². The van der Waals surface area contributed by atoms with Crippen molar-refractivity contribution in [1.82, 2.24) is 0 Å². The summed E-state index contributed by atoms with van der Waals surface area (Å²) < 4.78 is 36.7. The Balaban J connectivity index is 1.99. The van der Waals surface area contributed by atoms with E-state index >= 15 is 0 Å². The van der Waals surface area contributed by atoms with Crippen LogP contribution in [0.4, 0.5) is 4.39 Å². The van der Waals surface area contributed by atoms with Crippen molar-refractivity contribution >= 4 is 21.4 Å². The van der Waals surface area contributed by atoms with Crippen LogP contribution in [0.1, 0.15) is 43.6 Å². The number of nitrogens with two attached hydrogens (primary N) is 1. The number of sulfonamides is 1. The maximum Gasteiger partial charge on any atom is 0.240 e. The van der Waals surface area contributed by atoms with Gasteiger partial charge in [-0.15, -0.1) is 0 Å². The fourth-order valence-electron chi connectivity index (χ4n) is 3.17. The molecule has 22 heavy (non-hydrogen) atoms. The lowest BCUT2D eigenvalue weighted by Crippen LogP contribution is -2.14. The van der Waals surface area contributed by atoms with Crippen molar-refractivity contribution in [2.45, 2.75) is 42.9 Å². The molecule has 3 nitrogen and oxygen atoms in total. The summed E-state index contributed by atoms with van der Waals surface area (Å²) in [5, 5.41) is 9.15. The SMILES string of the molecule is NS(=O)(=O)c1ccc(-c2cscc2C2CCCCC2)cc1F. The molecule has 0 aliphatic heterocycles. The molecule has 2 aromatic rings. The Labute approximate surface area is 134 Å². The zero-order valence-electron chi connectivity index (χ0n) is 12.1. The molecular formula is C16H18FNO2S2. The summed E-state index contributed by atoms with van der Waals surface area (Å²) in [5.41, 5.74) is 2.98. The molecule has 1 saturated carbocycles. The molecule has 0 atom stereocenters. The van der Waals surface area contributed by atoms with Crippen LogP contribution in [0, 0.1) is 5.82 Å². The van der Waals surface area contributed by atoms with Crippen molar-refractivity contribution in [1.29, 1.82) is 0 Å². The van der Waals surface area contributed by atoms with E-state index in [1.54, 1.807) is 17.4 Å². The number of rotatable bonds is 3. The Morgan fingerprint density at radius 3 is 2.50 bits per heavy atom. The lowest BCUT2D eigenvalue weighted by atomic mass is 9.83. The van der Waals surface area contributed by atoms with Gasteiger partial charge in [0, 0.05) is 0 Å². The third-order valence-corrected chi connectivity index (χ3v) is 5.99. The molecule has 1 aliphatic carbocycles. The molecule has 1 aliphatic rings. The van der Waals surface area contributed by atoms with E-state index in [0.29, 0.717) is 11.5 Å². The predicted molar refractivity (Wildman–Crippen MR) is 86.9 cm³/mol. The zero-order chi connectivity index (χ0) is 15.7. The third-order valence-electron chi connectivity index (χ3n) is 4.29. The molecule has 0 saturated heterocycles. The first-order chi connectivity index (χ1) is 10.5. The summed E-state index contributed by atoms with van der Waals surface area (Å²) in [6, 6.07) is 4.16. The van der Waals surface area contributed by atoms with Gasteiger partial charge in [-0.1, -0.05) is 25.3 Å². The average molecular weight is 339 g/mol. The van der Waals surface area contributed by atoms with Crippen LogP contribution in [0.3, 0.4) is 0 Å². The van der Waals surface area contributed by atoms with Gasteiger partial charge >= 0.3 is 0 Å². The zero-order valence-corrected chi connectivity index (χ0v) is 13.7. The first-order valence-electron chi connectivity index (χ1n) is 7.35. The summed E-state index contributed by atoms with van der Waals surface area (Å²) in [7, 11) is -4.02. The Hall–Kier alpha value is -1.24. The Bertz CT molecular complexity index is 777. The van der Waals surface area contributed by atoms with Crippen molar-refractivity contribution in [3.63, 3.8) is 0 Å². The fourth-order valence-corrected chi connectivity index (χ4v) is 4.70. The van der Waals surface area contributed by atoms with Crippen LogP contribution in [0.25, 0.3) is 11.1 Å². The van der Waals surface area contributed by atoms with Crippen LogP contribution in [-0.2, 0) is 10.0 Å². The van der Waals surface area contributed by atoms with E-state index in [0.717, 1.165) is 5.56 Å². The van der Waals surface area contributed by atoms with E-state index in [2.05, 4.69) is 5.38 Å². The minimum Gasteiger partial charge on any atom is -0.225 e. The molecule has 0 unspecified atom stereocenters. The maximum atomic E-state index is 14.1. The molecule has 0 amide bonds. The second-order valence-corrected chi connectivity index (χ2v) is 8.04. The van der Waals surface area contributed by atoms with Gasteiger partial charge in [0.2, 0.25) is 10.0 Å². The Morgan fingerprint density at radius 1 is 1.14 bits per heavy atom. The molecular weight excluding hydrogens is 321 g/mol. The fraction of sp³-hybridized carbons (Fsp3) is 0.375. The summed E-state index contributed by atoms with van der Waals surface area (Å²) in [4.78, 5) is -0.453. The van der Waals surface area contributed by atoms with Crippen molar-refractivity contribution in [3.05, 3.63) is 40.3 Å². The first kappa shape index (κ1) is 15.6. The lowest BCUT2D eigenvalue weighted by Gasteiger charge is -2.22. The predicted octanol–water partition coefficient (Wildman–Crippen LogP) is 4.25. The molecule has 0 radical (unpaired) electrons. The topological polar surface area (TPSA) is 60.2 Å². The molecule has 3 rings (SSSR count). The van der Waals surface area contributed by atoms with Crippen LogP contribution >= 0.6 is 11.3 Å². The second kappa shape index (κ2) is 6.10. The van der Waals surface area contributed by atoms with Crippen LogP contribution in [0.5, 0.6) is 0 Å². The van der Waals surface area contributed by atoms with Crippen LogP contribution in [0.2, 0.25) is 0 Å². The van der Waals surface area contributed by atoms with Gasteiger partial charge in [0.1, 0.15) is 10.7 Å². The summed E-state index contributed by atoms with van der Waals surface area (Å²) in [6.45, 7) is 0. The number of hydrogen-bond acceptors (Lipinski definition) is 3. The van der Waals surface area contributed by atoms with Gasteiger partial charge in [0.15, 0.2) is 0 Å². The second-order valence-electron chi connectivity index (χ2n) is 5.77. The van der Waals surface area contributed by atoms with Crippen molar-refractivity contribution < 1.29 is 12.8 Å². The average Bonchev–Trinajstić information content (AvgIpc) is 2.96. The molecule has 1 heterocycles. The van der Waals surface area contributed by atoms with Gasteiger partial charge in [-0.2, -0.15) is 11.3 Å².